The molecule has 0 aliphatic rings. The van der Waals surface area contributed by atoms with Crippen LogP contribution in [0.4, 0.5) is 0 Å². The van der Waals surface area contributed by atoms with Crippen LogP contribution < -0.4 is 0 Å². The Kier molecular flexibility index (Phi) is 74.3. The van der Waals surface area contributed by atoms with E-state index in [0.717, 1.165) is 161 Å². The van der Waals surface area contributed by atoms with Gasteiger partial charge >= 0.3 is 39.5 Å². The fraction of sp³-hybridized carbons (Fsp3) is 0.678. The van der Waals surface area contributed by atoms with Gasteiger partial charge in [0.15, 0.2) is 12.2 Å². The number of unbranched alkanes of at least 4 members (excludes halogenated alkanes) is 27. The number of allylic oxidation sites excluding steroid dienone is 23. The van der Waals surface area contributed by atoms with Crippen LogP contribution in [0, 0.1) is 0 Å². The lowest BCUT2D eigenvalue weighted by Gasteiger charge is -2.21. The third kappa shape index (κ3) is 77.1. The van der Waals surface area contributed by atoms with Gasteiger partial charge in [-0.25, -0.2) is 9.13 Å². The Labute approximate surface area is 643 Å². The number of esters is 4. The van der Waals surface area contributed by atoms with E-state index >= 15 is 0 Å². The van der Waals surface area contributed by atoms with Crippen LogP contribution in [-0.4, -0.2) is 96.7 Å². The number of carbonyl (C=O) groups excluding carboxylic acids is 4. The molecule has 606 valence electrons. The Balaban J connectivity index is 5.45. The van der Waals surface area contributed by atoms with E-state index in [-0.39, 0.29) is 25.7 Å². The van der Waals surface area contributed by atoms with Crippen LogP contribution >= 0.6 is 15.6 Å². The van der Waals surface area contributed by atoms with Crippen LogP contribution in [0.15, 0.2) is 146 Å². The molecule has 0 heterocycles. The van der Waals surface area contributed by atoms with Gasteiger partial charge in [-0.1, -0.05) is 315 Å². The minimum atomic E-state index is -5.01. The van der Waals surface area contributed by atoms with Crippen molar-refractivity contribution < 1.29 is 80.2 Å². The second-order valence-electron chi connectivity index (χ2n) is 27.0. The predicted molar refractivity (Wildman–Crippen MR) is 436 cm³/mol. The fourth-order valence-corrected chi connectivity index (χ4v) is 12.2. The number of aliphatic hydroxyl groups excluding tert-OH is 1. The second-order valence-corrected chi connectivity index (χ2v) is 29.9. The van der Waals surface area contributed by atoms with Crippen LogP contribution in [-0.2, 0) is 65.4 Å². The number of phosphoric acid groups is 2. The third-order valence-electron chi connectivity index (χ3n) is 16.8. The number of carbonyl (C=O) groups is 4. The zero-order valence-corrected chi connectivity index (χ0v) is 68.1. The molecule has 106 heavy (non-hydrogen) atoms. The highest BCUT2D eigenvalue weighted by Gasteiger charge is 2.30. The minimum absolute atomic E-state index is 0.0893. The number of aliphatic hydroxyl groups is 1. The molecule has 0 amide bonds. The van der Waals surface area contributed by atoms with E-state index in [9.17, 15) is 43.2 Å². The fourth-order valence-electron chi connectivity index (χ4n) is 10.6. The second kappa shape index (κ2) is 78.1. The van der Waals surface area contributed by atoms with Crippen LogP contribution in [0.2, 0.25) is 0 Å². The molecule has 0 radical (unpaired) electrons. The number of ether oxygens (including phenoxy) is 4. The molecule has 0 aliphatic carbocycles. The molecule has 0 saturated heterocycles. The first kappa shape index (κ1) is 101. The normalized spacial score (nSPS) is 14.6. The number of rotatable bonds is 76. The molecule has 5 atom stereocenters. The smallest absolute Gasteiger partial charge is 0.462 e. The SMILES string of the molecule is CC/C=C\C/C=C\C/C=C\C/C=C\C/C=C\CC(=O)OC(COC(=O)CCCCCC/C=C\C/C=C\C/C=C\C/C=C\CC)COP(=O)(O)OCC(O)COP(=O)(O)OCC(COC(=O)CCCCCCCC/C=C\C/C=C\C/C=C\CCCCC)OC(=O)CCCCCCCCCCCCCCCCC. The average Bonchev–Trinajstić information content (AvgIpc) is 0.902. The lowest BCUT2D eigenvalue weighted by atomic mass is 10.0. The first-order valence-corrected chi connectivity index (χ1v) is 44.1. The van der Waals surface area contributed by atoms with Crippen molar-refractivity contribution in [2.45, 2.75) is 341 Å². The van der Waals surface area contributed by atoms with Crippen LogP contribution in [0.5, 0.6) is 0 Å². The zero-order chi connectivity index (χ0) is 77.4. The van der Waals surface area contributed by atoms with Crippen molar-refractivity contribution in [1.82, 2.24) is 0 Å². The summed E-state index contributed by atoms with van der Waals surface area (Å²) < 4.78 is 68.5. The first-order chi connectivity index (χ1) is 51.7. The first-order valence-electron chi connectivity index (χ1n) is 41.1. The van der Waals surface area contributed by atoms with Gasteiger partial charge in [0.1, 0.15) is 19.3 Å². The van der Waals surface area contributed by atoms with Crippen molar-refractivity contribution in [2.75, 3.05) is 39.6 Å². The van der Waals surface area contributed by atoms with E-state index in [4.69, 9.17) is 37.0 Å². The van der Waals surface area contributed by atoms with Gasteiger partial charge in [-0.3, -0.25) is 37.3 Å². The van der Waals surface area contributed by atoms with Crippen molar-refractivity contribution in [2.24, 2.45) is 0 Å². The average molecular weight is 1530 g/mol. The van der Waals surface area contributed by atoms with Crippen molar-refractivity contribution >= 4 is 39.5 Å². The molecule has 0 aromatic carbocycles. The van der Waals surface area contributed by atoms with E-state index in [2.05, 4.69) is 149 Å². The molecule has 3 N–H and O–H groups in total. The highest BCUT2D eigenvalue weighted by atomic mass is 31.2. The molecule has 0 spiro atoms. The molecule has 0 bridgehead atoms. The lowest BCUT2D eigenvalue weighted by Crippen LogP contribution is -2.30. The summed E-state index contributed by atoms with van der Waals surface area (Å²) in [7, 11) is -10.0. The van der Waals surface area contributed by atoms with Gasteiger partial charge in [0.05, 0.1) is 32.8 Å². The Morgan fingerprint density at radius 1 is 0.283 bits per heavy atom. The summed E-state index contributed by atoms with van der Waals surface area (Å²) in [5.41, 5.74) is 0. The predicted octanol–water partition coefficient (Wildman–Crippen LogP) is 24.2. The highest BCUT2D eigenvalue weighted by Crippen LogP contribution is 2.45. The lowest BCUT2D eigenvalue weighted by molar-refractivity contribution is -0.161. The molecule has 17 nitrogen and oxygen atoms in total. The highest BCUT2D eigenvalue weighted by molar-refractivity contribution is 7.47. The Bertz CT molecular complexity index is 2580. The molecule has 0 saturated carbocycles. The maximum Gasteiger partial charge on any atom is 0.472 e. The summed E-state index contributed by atoms with van der Waals surface area (Å²) in [4.78, 5) is 73.1. The molecule has 0 aliphatic heterocycles. The van der Waals surface area contributed by atoms with Crippen LogP contribution in [0.25, 0.3) is 0 Å². The molecule has 0 aromatic rings. The van der Waals surface area contributed by atoms with Gasteiger partial charge in [0, 0.05) is 19.3 Å². The van der Waals surface area contributed by atoms with Crippen molar-refractivity contribution in [3.05, 3.63) is 146 Å². The van der Waals surface area contributed by atoms with E-state index < -0.39 is 97.5 Å². The minimum Gasteiger partial charge on any atom is -0.462 e. The van der Waals surface area contributed by atoms with Gasteiger partial charge in [0.2, 0.25) is 0 Å². The summed E-state index contributed by atoms with van der Waals surface area (Å²) in [5.74, 6) is -2.36. The summed E-state index contributed by atoms with van der Waals surface area (Å²) >= 11 is 0. The van der Waals surface area contributed by atoms with Gasteiger partial charge in [-0.2, -0.15) is 0 Å². The molecule has 0 rings (SSSR count). The van der Waals surface area contributed by atoms with Gasteiger partial charge < -0.3 is 33.8 Å². The van der Waals surface area contributed by atoms with E-state index in [0.29, 0.717) is 25.7 Å². The number of hydrogen-bond acceptors (Lipinski definition) is 15. The van der Waals surface area contributed by atoms with Gasteiger partial charge in [-0.05, 0) is 128 Å². The van der Waals surface area contributed by atoms with Crippen molar-refractivity contribution in [3.8, 4) is 0 Å². The Morgan fingerprint density at radius 2 is 0.528 bits per heavy atom. The van der Waals surface area contributed by atoms with E-state index in [1.54, 1.807) is 12.2 Å². The molecule has 19 heteroatoms. The van der Waals surface area contributed by atoms with Crippen LogP contribution in [0.3, 0.4) is 0 Å². The summed E-state index contributed by atoms with van der Waals surface area (Å²) in [6.45, 7) is 4.49. The largest absolute Gasteiger partial charge is 0.472 e. The Morgan fingerprint density at radius 3 is 0.858 bits per heavy atom. The molecule has 5 unspecified atom stereocenters. The molecule has 0 aromatic heterocycles. The van der Waals surface area contributed by atoms with E-state index in [1.807, 2.05) is 12.2 Å². The quantitative estimate of drug-likeness (QED) is 0.0169. The maximum atomic E-state index is 13.1. The van der Waals surface area contributed by atoms with Crippen LogP contribution in [0.1, 0.15) is 323 Å². The Hall–Kier alpha value is -5.06. The van der Waals surface area contributed by atoms with Gasteiger partial charge in [0.25, 0.3) is 0 Å². The molecule has 0 fully saturated rings. The number of phosphoric ester groups is 2. The summed E-state index contributed by atoms with van der Waals surface area (Å²) in [6.07, 6.45) is 89.9. The monoisotopic (exact) mass is 1530 g/mol. The van der Waals surface area contributed by atoms with Crippen molar-refractivity contribution in [1.29, 1.82) is 0 Å². The van der Waals surface area contributed by atoms with E-state index in [1.165, 1.54) is 83.5 Å². The standard InChI is InChI=1S/C87H146O17P2/c1-5-9-13-17-21-25-29-33-37-39-40-42-46-48-52-56-60-64-68-72-85(90)98-78-83(104-87(92)74-70-66-62-58-54-50-44-36-32-28-24-20-16-12-8-4)80-102-106(95,96)100-76-81(88)75-99-105(93,94)101-79-82(103-86(91)73-69-65-61-57-53-49-43-35-31-27-23-19-15-11-7-3)77-97-84(89)71-67-63-59-55-51-47-45-41-38-34-30-26-22-18-14-10-6-2/h10-11,14-15,21-23,25-27,33-35,37-38,40,42-43,45,47,53,57,65,69,81-83,88H,5-9,12-13,16-20,24,28-32,36,39,41,44,46,48-52,54-56,58-64,66-68,70-80H2,1-4H3,(H,93,94)(H,95,96)/b14-10-,15-11-,25-21-,26-22-,27-23-,37-33-,38-34-,42-40-,43-35-,47-45-,57-53-,69-65-. The zero-order valence-electron chi connectivity index (χ0n) is 66.3. The topological polar surface area (TPSA) is 237 Å². The van der Waals surface area contributed by atoms with Crippen molar-refractivity contribution in [3.63, 3.8) is 0 Å². The summed E-state index contributed by atoms with van der Waals surface area (Å²) in [6, 6.07) is 0. The maximum absolute atomic E-state index is 13.1. The third-order valence-corrected chi connectivity index (χ3v) is 18.7. The number of hydrogen-bond donors (Lipinski definition) is 3. The molecular weight excluding hydrogens is 1380 g/mol. The molecular formula is C87H146O17P2. The van der Waals surface area contributed by atoms with Gasteiger partial charge in [-0.15, -0.1) is 0 Å². The summed E-state index contributed by atoms with van der Waals surface area (Å²) in [5, 5.41) is 10.7.